The molecular weight excluding hydrogens is 178 g/mol. The summed E-state index contributed by atoms with van der Waals surface area (Å²) in [7, 11) is 0. The summed E-state index contributed by atoms with van der Waals surface area (Å²) in [6, 6.07) is 0. The fourth-order valence-electron chi connectivity index (χ4n) is 2.31. The molecule has 0 amide bonds. The highest BCUT2D eigenvalue weighted by Gasteiger charge is 2.35. The van der Waals surface area contributed by atoms with Gasteiger partial charge in [0.1, 0.15) is 0 Å². The van der Waals surface area contributed by atoms with Crippen LogP contribution in [-0.2, 0) is 4.79 Å². The minimum atomic E-state index is -0.668. The first-order valence-electron chi connectivity index (χ1n) is 5.35. The zero-order valence-corrected chi connectivity index (χ0v) is 9.42. The van der Waals surface area contributed by atoms with Crippen LogP contribution >= 0.6 is 0 Å². The van der Waals surface area contributed by atoms with E-state index in [0.29, 0.717) is 12.3 Å². The van der Waals surface area contributed by atoms with Crippen molar-refractivity contribution in [1.29, 1.82) is 0 Å². The van der Waals surface area contributed by atoms with Crippen LogP contribution in [0.15, 0.2) is 0 Å². The van der Waals surface area contributed by atoms with Gasteiger partial charge in [-0.15, -0.1) is 0 Å². The summed E-state index contributed by atoms with van der Waals surface area (Å²) in [5, 5.41) is 8.79. The third-order valence-electron chi connectivity index (χ3n) is 2.84. The van der Waals surface area contributed by atoms with E-state index in [0.717, 1.165) is 26.1 Å². The monoisotopic (exact) mass is 199 g/mol. The maximum Gasteiger partial charge on any atom is 0.303 e. The first-order chi connectivity index (χ1) is 6.41. The van der Waals surface area contributed by atoms with Gasteiger partial charge in [0.25, 0.3) is 0 Å². The highest BCUT2D eigenvalue weighted by atomic mass is 16.4. The Morgan fingerprint density at radius 3 is 2.71 bits per heavy atom. The highest BCUT2D eigenvalue weighted by Crippen LogP contribution is 2.33. The number of carboxylic acids is 1. The lowest BCUT2D eigenvalue weighted by molar-refractivity contribution is -0.139. The van der Waals surface area contributed by atoms with E-state index in [9.17, 15) is 4.79 Å². The number of carboxylic acid groups (broad SMARTS) is 1. The summed E-state index contributed by atoms with van der Waals surface area (Å²) in [5.74, 6) is 0.000995. The molecule has 1 atom stereocenters. The van der Waals surface area contributed by atoms with Crippen molar-refractivity contribution >= 4 is 5.97 Å². The fourth-order valence-corrected chi connectivity index (χ4v) is 2.31. The third-order valence-corrected chi connectivity index (χ3v) is 2.84. The standard InChI is InChI=1S/C11H21NO2/c1-9(2)7-12-5-4-11(3,8-12)6-10(13)14/h9H,4-8H2,1-3H3,(H,13,14). The summed E-state index contributed by atoms with van der Waals surface area (Å²) in [6.45, 7) is 9.58. The summed E-state index contributed by atoms with van der Waals surface area (Å²) in [5.41, 5.74) is 0.000718. The van der Waals surface area contributed by atoms with E-state index in [1.165, 1.54) is 0 Å². The predicted molar refractivity (Wildman–Crippen MR) is 56.3 cm³/mol. The van der Waals surface area contributed by atoms with Gasteiger partial charge in [0.2, 0.25) is 0 Å². The molecule has 1 N–H and O–H groups in total. The van der Waals surface area contributed by atoms with Gasteiger partial charge in [0, 0.05) is 13.1 Å². The van der Waals surface area contributed by atoms with Gasteiger partial charge < -0.3 is 10.0 Å². The van der Waals surface area contributed by atoms with Crippen molar-refractivity contribution in [2.45, 2.75) is 33.6 Å². The lowest BCUT2D eigenvalue weighted by Gasteiger charge is -2.23. The molecule has 1 aliphatic heterocycles. The topological polar surface area (TPSA) is 40.5 Å². The zero-order chi connectivity index (χ0) is 10.8. The van der Waals surface area contributed by atoms with Crippen molar-refractivity contribution in [3.63, 3.8) is 0 Å². The molecular formula is C11H21NO2. The van der Waals surface area contributed by atoms with E-state index in [-0.39, 0.29) is 5.41 Å². The van der Waals surface area contributed by atoms with Gasteiger partial charge in [0.05, 0.1) is 6.42 Å². The lowest BCUT2D eigenvalue weighted by atomic mass is 9.86. The molecule has 0 aromatic heterocycles. The third kappa shape index (κ3) is 3.29. The van der Waals surface area contributed by atoms with Crippen molar-refractivity contribution in [2.75, 3.05) is 19.6 Å². The highest BCUT2D eigenvalue weighted by molar-refractivity contribution is 5.67. The first-order valence-corrected chi connectivity index (χ1v) is 5.35. The van der Waals surface area contributed by atoms with Crippen molar-refractivity contribution in [2.24, 2.45) is 11.3 Å². The summed E-state index contributed by atoms with van der Waals surface area (Å²) in [6.07, 6.45) is 1.33. The fraction of sp³-hybridized carbons (Fsp3) is 0.909. The molecule has 82 valence electrons. The number of hydrogen-bond acceptors (Lipinski definition) is 2. The van der Waals surface area contributed by atoms with E-state index in [2.05, 4.69) is 25.7 Å². The van der Waals surface area contributed by atoms with E-state index in [4.69, 9.17) is 5.11 Å². The lowest BCUT2D eigenvalue weighted by Crippen LogP contribution is -2.29. The molecule has 3 heteroatoms. The van der Waals surface area contributed by atoms with Crippen molar-refractivity contribution < 1.29 is 9.90 Å². The molecule has 1 rings (SSSR count). The quantitative estimate of drug-likeness (QED) is 0.751. The van der Waals surface area contributed by atoms with Crippen LogP contribution in [0.2, 0.25) is 0 Å². The number of carbonyl (C=O) groups is 1. The van der Waals surface area contributed by atoms with E-state index in [1.807, 2.05) is 0 Å². The van der Waals surface area contributed by atoms with Crippen LogP contribution in [0, 0.1) is 11.3 Å². The molecule has 0 aromatic carbocycles. The van der Waals surface area contributed by atoms with Crippen LogP contribution in [0.3, 0.4) is 0 Å². The van der Waals surface area contributed by atoms with Crippen molar-refractivity contribution in [1.82, 2.24) is 4.90 Å². The number of nitrogens with zero attached hydrogens (tertiary/aromatic N) is 1. The number of hydrogen-bond donors (Lipinski definition) is 1. The minimum Gasteiger partial charge on any atom is -0.481 e. The second-order valence-electron chi connectivity index (χ2n) is 5.26. The molecule has 0 aromatic rings. The average molecular weight is 199 g/mol. The molecule has 1 heterocycles. The Kier molecular flexibility index (Phi) is 3.53. The van der Waals surface area contributed by atoms with Crippen molar-refractivity contribution in [3.05, 3.63) is 0 Å². The molecule has 0 radical (unpaired) electrons. The summed E-state index contributed by atoms with van der Waals surface area (Å²) < 4.78 is 0. The predicted octanol–water partition coefficient (Wildman–Crippen LogP) is 1.83. The number of aliphatic carboxylic acids is 1. The second kappa shape index (κ2) is 4.30. The molecule has 0 spiro atoms. The Labute approximate surface area is 86.1 Å². The van der Waals surface area contributed by atoms with E-state index >= 15 is 0 Å². The maximum atomic E-state index is 10.7. The average Bonchev–Trinajstić information content (AvgIpc) is 2.28. The molecule has 14 heavy (non-hydrogen) atoms. The van der Waals surface area contributed by atoms with E-state index < -0.39 is 5.97 Å². The van der Waals surface area contributed by atoms with Crippen LogP contribution in [-0.4, -0.2) is 35.6 Å². The number of likely N-dealkylation sites (tertiary alicyclic amines) is 1. The molecule has 0 aliphatic carbocycles. The Morgan fingerprint density at radius 2 is 2.21 bits per heavy atom. The second-order valence-corrected chi connectivity index (χ2v) is 5.26. The van der Waals surface area contributed by atoms with Crippen LogP contribution in [0.4, 0.5) is 0 Å². The molecule has 0 bridgehead atoms. The van der Waals surface area contributed by atoms with Gasteiger partial charge in [-0.25, -0.2) is 0 Å². The van der Waals surface area contributed by atoms with Crippen LogP contribution < -0.4 is 0 Å². The Hall–Kier alpha value is -0.570. The van der Waals surface area contributed by atoms with Gasteiger partial charge in [-0.05, 0) is 24.3 Å². The van der Waals surface area contributed by atoms with Crippen molar-refractivity contribution in [3.8, 4) is 0 Å². The Balaban J connectivity index is 2.42. The van der Waals surface area contributed by atoms with Gasteiger partial charge in [-0.3, -0.25) is 4.79 Å². The van der Waals surface area contributed by atoms with Crippen LogP contribution in [0.1, 0.15) is 33.6 Å². The van der Waals surface area contributed by atoms with Gasteiger partial charge in [0.15, 0.2) is 0 Å². The molecule has 1 fully saturated rings. The zero-order valence-electron chi connectivity index (χ0n) is 9.42. The number of rotatable bonds is 4. The SMILES string of the molecule is CC(C)CN1CCC(C)(CC(=O)O)C1. The molecule has 3 nitrogen and oxygen atoms in total. The van der Waals surface area contributed by atoms with Gasteiger partial charge in [-0.2, -0.15) is 0 Å². The first kappa shape index (κ1) is 11.5. The maximum absolute atomic E-state index is 10.7. The van der Waals surface area contributed by atoms with Crippen LogP contribution in [0.5, 0.6) is 0 Å². The molecule has 1 saturated heterocycles. The molecule has 1 unspecified atom stereocenters. The van der Waals surface area contributed by atoms with Crippen LogP contribution in [0.25, 0.3) is 0 Å². The molecule has 0 saturated carbocycles. The van der Waals surface area contributed by atoms with Gasteiger partial charge in [-0.1, -0.05) is 20.8 Å². The Bertz CT molecular complexity index is 215. The van der Waals surface area contributed by atoms with Gasteiger partial charge >= 0.3 is 5.97 Å². The normalized spacial score (nSPS) is 28.6. The largest absolute Gasteiger partial charge is 0.481 e. The smallest absolute Gasteiger partial charge is 0.303 e. The summed E-state index contributed by atoms with van der Waals surface area (Å²) >= 11 is 0. The summed E-state index contributed by atoms with van der Waals surface area (Å²) in [4.78, 5) is 13.1. The van der Waals surface area contributed by atoms with E-state index in [1.54, 1.807) is 0 Å². The molecule has 1 aliphatic rings. The Morgan fingerprint density at radius 1 is 1.57 bits per heavy atom. The minimum absolute atomic E-state index is 0.000718.